The van der Waals surface area contributed by atoms with Crippen LogP contribution in [0.4, 0.5) is 5.13 Å². The minimum absolute atomic E-state index is 0.267. The van der Waals surface area contributed by atoms with Crippen molar-refractivity contribution in [2.45, 2.75) is 10.1 Å². The molecule has 0 fully saturated rings. The SMILES string of the molecule is O=C(/C=C/c1ccc(I)o1)Nc1nnc(SCc2ccccc2)s1. The summed E-state index contributed by atoms with van der Waals surface area (Å²) in [7, 11) is 0. The third-order valence-corrected chi connectivity index (χ3v) is 5.46. The molecule has 0 aliphatic rings. The number of thioether (sulfide) groups is 1. The summed E-state index contributed by atoms with van der Waals surface area (Å²) in [5.74, 6) is 1.18. The summed E-state index contributed by atoms with van der Waals surface area (Å²) >= 11 is 5.02. The first-order valence-corrected chi connectivity index (χ1v) is 9.82. The number of furan rings is 1. The molecule has 122 valence electrons. The first-order chi connectivity index (χ1) is 11.7. The highest BCUT2D eigenvalue weighted by atomic mass is 127. The van der Waals surface area contributed by atoms with Crippen molar-refractivity contribution < 1.29 is 9.21 Å². The van der Waals surface area contributed by atoms with Crippen LogP contribution in [0.25, 0.3) is 6.08 Å². The molecule has 1 N–H and O–H groups in total. The molecule has 0 atom stereocenters. The quantitative estimate of drug-likeness (QED) is 0.246. The van der Waals surface area contributed by atoms with E-state index < -0.39 is 0 Å². The van der Waals surface area contributed by atoms with Crippen LogP contribution in [0.15, 0.2) is 57.3 Å². The predicted octanol–water partition coefficient (Wildman–Crippen LogP) is 4.68. The van der Waals surface area contributed by atoms with Crippen LogP contribution in [-0.2, 0) is 10.5 Å². The number of nitrogens with one attached hydrogen (secondary N) is 1. The van der Waals surface area contributed by atoms with Crippen LogP contribution in [-0.4, -0.2) is 16.1 Å². The number of halogens is 1. The number of amides is 1. The highest BCUT2D eigenvalue weighted by Crippen LogP contribution is 2.28. The van der Waals surface area contributed by atoms with E-state index >= 15 is 0 Å². The second-order valence-corrected chi connectivity index (χ2v) is 7.88. The largest absolute Gasteiger partial charge is 0.451 e. The zero-order valence-corrected chi connectivity index (χ0v) is 16.1. The lowest BCUT2D eigenvalue weighted by Gasteiger charge is -1.97. The Morgan fingerprint density at radius 1 is 1.25 bits per heavy atom. The Hall–Kier alpha value is -1.65. The highest BCUT2D eigenvalue weighted by molar-refractivity contribution is 14.1. The molecule has 3 rings (SSSR count). The molecule has 0 unspecified atom stereocenters. The molecule has 24 heavy (non-hydrogen) atoms. The molecule has 3 aromatic rings. The average Bonchev–Trinajstić information content (AvgIpc) is 3.21. The fourth-order valence-electron chi connectivity index (χ4n) is 1.76. The first kappa shape index (κ1) is 17.2. The lowest BCUT2D eigenvalue weighted by atomic mass is 10.2. The number of aromatic nitrogens is 2. The third-order valence-electron chi connectivity index (χ3n) is 2.83. The Morgan fingerprint density at radius 3 is 2.83 bits per heavy atom. The van der Waals surface area contributed by atoms with E-state index in [9.17, 15) is 4.79 Å². The normalized spacial score (nSPS) is 11.0. The fourth-order valence-corrected chi connectivity index (χ4v) is 3.91. The molecule has 1 amide bonds. The van der Waals surface area contributed by atoms with Crippen molar-refractivity contribution in [3.05, 3.63) is 63.6 Å². The average molecular weight is 469 g/mol. The van der Waals surface area contributed by atoms with Crippen molar-refractivity contribution in [1.29, 1.82) is 0 Å². The second-order valence-electron chi connectivity index (χ2n) is 4.61. The summed E-state index contributed by atoms with van der Waals surface area (Å²) in [4.78, 5) is 11.9. The standard InChI is InChI=1S/C16H12IN3O2S2/c17-13-8-6-12(22-13)7-9-14(21)18-15-19-20-16(24-15)23-10-11-4-2-1-3-5-11/h1-9H,10H2,(H,18,19,21)/b9-7+. The van der Waals surface area contributed by atoms with Crippen molar-refractivity contribution in [2.75, 3.05) is 5.32 Å². The molecule has 0 aliphatic heterocycles. The topological polar surface area (TPSA) is 68.0 Å². The Balaban J connectivity index is 1.52. The monoisotopic (exact) mass is 469 g/mol. The Kier molecular flexibility index (Phi) is 6.05. The van der Waals surface area contributed by atoms with Crippen LogP contribution in [0.2, 0.25) is 0 Å². The van der Waals surface area contributed by atoms with Gasteiger partial charge in [-0.05, 0) is 46.4 Å². The zero-order chi connectivity index (χ0) is 16.8. The van der Waals surface area contributed by atoms with E-state index in [4.69, 9.17) is 4.42 Å². The molecule has 0 spiro atoms. The summed E-state index contributed by atoms with van der Waals surface area (Å²) in [6.07, 6.45) is 3.02. The molecule has 1 aromatic carbocycles. The van der Waals surface area contributed by atoms with Crippen molar-refractivity contribution in [2.24, 2.45) is 0 Å². The molecule has 0 saturated carbocycles. The van der Waals surface area contributed by atoms with Crippen molar-refractivity contribution in [3.8, 4) is 0 Å². The van der Waals surface area contributed by atoms with Crippen molar-refractivity contribution in [3.63, 3.8) is 0 Å². The molecular formula is C16H12IN3O2S2. The number of rotatable bonds is 6. The van der Waals surface area contributed by atoms with Gasteiger partial charge in [0.25, 0.3) is 0 Å². The van der Waals surface area contributed by atoms with Gasteiger partial charge in [0.1, 0.15) is 5.76 Å². The van der Waals surface area contributed by atoms with Crippen LogP contribution in [0.1, 0.15) is 11.3 Å². The van der Waals surface area contributed by atoms with Gasteiger partial charge in [0.05, 0.1) is 0 Å². The van der Waals surface area contributed by atoms with Gasteiger partial charge in [-0.25, -0.2) is 0 Å². The van der Waals surface area contributed by atoms with Crippen molar-refractivity contribution in [1.82, 2.24) is 10.2 Å². The molecule has 0 saturated heterocycles. The van der Waals surface area contributed by atoms with Gasteiger partial charge in [-0.15, -0.1) is 10.2 Å². The van der Waals surface area contributed by atoms with Gasteiger partial charge in [0.15, 0.2) is 8.11 Å². The van der Waals surface area contributed by atoms with Gasteiger partial charge < -0.3 is 4.42 Å². The van der Waals surface area contributed by atoms with E-state index in [1.165, 1.54) is 23.0 Å². The molecule has 0 aliphatic carbocycles. The highest BCUT2D eigenvalue weighted by Gasteiger charge is 2.07. The smallest absolute Gasteiger partial charge is 0.250 e. The number of anilines is 1. The van der Waals surface area contributed by atoms with Crippen LogP contribution in [0, 0.1) is 3.77 Å². The molecule has 5 nitrogen and oxygen atoms in total. The third kappa shape index (κ3) is 5.18. The van der Waals surface area contributed by atoms with Gasteiger partial charge in [-0.3, -0.25) is 10.1 Å². The van der Waals surface area contributed by atoms with E-state index in [0.29, 0.717) is 10.9 Å². The Morgan fingerprint density at radius 2 is 2.08 bits per heavy atom. The summed E-state index contributed by atoms with van der Waals surface area (Å²) in [5, 5.41) is 11.2. The van der Waals surface area contributed by atoms with E-state index in [1.54, 1.807) is 23.9 Å². The van der Waals surface area contributed by atoms with E-state index in [-0.39, 0.29) is 5.91 Å². The van der Waals surface area contributed by atoms with E-state index in [2.05, 4.69) is 50.2 Å². The Labute approximate surface area is 160 Å². The maximum atomic E-state index is 11.9. The zero-order valence-electron chi connectivity index (χ0n) is 12.3. The molecular weight excluding hydrogens is 457 g/mol. The number of carbonyl (C=O) groups excluding carboxylic acids is 1. The predicted molar refractivity (Wildman–Crippen MR) is 105 cm³/mol. The van der Waals surface area contributed by atoms with Gasteiger partial charge in [0, 0.05) is 11.8 Å². The maximum Gasteiger partial charge on any atom is 0.250 e. The minimum atomic E-state index is -0.267. The Bertz CT molecular complexity index is 846. The van der Waals surface area contributed by atoms with Gasteiger partial charge >= 0.3 is 0 Å². The molecule has 2 heterocycles. The van der Waals surface area contributed by atoms with Gasteiger partial charge in [0.2, 0.25) is 11.0 Å². The minimum Gasteiger partial charge on any atom is -0.451 e. The molecule has 0 radical (unpaired) electrons. The summed E-state index contributed by atoms with van der Waals surface area (Å²) in [6.45, 7) is 0. The number of carbonyl (C=O) groups is 1. The van der Waals surface area contributed by atoms with E-state index in [1.807, 2.05) is 24.3 Å². The maximum absolute atomic E-state index is 11.9. The van der Waals surface area contributed by atoms with Gasteiger partial charge in [-0.2, -0.15) is 0 Å². The van der Waals surface area contributed by atoms with Crippen molar-refractivity contribution >= 4 is 62.8 Å². The first-order valence-electron chi connectivity index (χ1n) is 6.94. The molecule has 0 bridgehead atoms. The molecule has 2 aromatic heterocycles. The lowest BCUT2D eigenvalue weighted by molar-refractivity contribution is -0.111. The summed E-state index contributed by atoms with van der Waals surface area (Å²) in [6, 6.07) is 13.8. The second kappa shape index (κ2) is 8.45. The number of hydrogen-bond donors (Lipinski definition) is 1. The van der Waals surface area contributed by atoms with Crippen LogP contribution < -0.4 is 5.32 Å². The van der Waals surface area contributed by atoms with Crippen LogP contribution in [0.3, 0.4) is 0 Å². The van der Waals surface area contributed by atoms with Crippen LogP contribution in [0.5, 0.6) is 0 Å². The fraction of sp³-hybridized carbons (Fsp3) is 0.0625. The lowest BCUT2D eigenvalue weighted by Crippen LogP contribution is -2.07. The summed E-state index contributed by atoms with van der Waals surface area (Å²) < 4.78 is 6.95. The van der Waals surface area contributed by atoms with E-state index in [0.717, 1.165) is 13.9 Å². The molecule has 8 heteroatoms. The number of hydrogen-bond acceptors (Lipinski definition) is 6. The van der Waals surface area contributed by atoms with Gasteiger partial charge in [-0.1, -0.05) is 53.4 Å². The number of benzene rings is 1. The number of nitrogens with zero attached hydrogens (tertiary/aromatic N) is 2. The van der Waals surface area contributed by atoms with Crippen LogP contribution >= 0.6 is 45.7 Å². The summed E-state index contributed by atoms with van der Waals surface area (Å²) in [5.41, 5.74) is 1.22.